The molecule has 1 atom stereocenters. The summed E-state index contributed by atoms with van der Waals surface area (Å²) in [6, 6.07) is 9.51. The third-order valence-corrected chi connectivity index (χ3v) is 9.67. The van der Waals surface area contributed by atoms with Crippen molar-refractivity contribution in [2.75, 3.05) is 39.1 Å². The number of alkyl halides is 3. The summed E-state index contributed by atoms with van der Waals surface area (Å²) in [4.78, 5) is 11.7. The predicted molar refractivity (Wildman–Crippen MR) is 189 cm³/mol. The van der Waals surface area contributed by atoms with E-state index < -0.39 is 17.5 Å². The van der Waals surface area contributed by atoms with Gasteiger partial charge in [0, 0.05) is 19.8 Å². The van der Waals surface area contributed by atoms with E-state index in [0.717, 1.165) is 18.6 Å². The highest BCUT2D eigenvalue weighted by Gasteiger charge is 2.25. The molecule has 0 saturated carbocycles. The molecule has 1 amide bonds. The van der Waals surface area contributed by atoms with Crippen molar-refractivity contribution in [3.8, 4) is 0 Å². The molecule has 0 radical (unpaired) electrons. The van der Waals surface area contributed by atoms with E-state index in [4.69, 9.17) is 53.3 Å². The molecule has 0 aliphatic heterocycles. The summed E-state index contributed by atoms with van der Waals surface area (Å²) in [5.74, 6) is 0. The predicted octanol–water partition coefficient (Wildman–Crippen LogP) is 11.6. The van der Waals surface area contributed by atoms with Crippen molar-refractivity contribution in [2.45, 2.75) is 133 Å². The Morgan fingerprint density at radius 1 is 0.711 bits per heavy atom. The zero-order chi connectivity index (χ0) is 32.9. The van der Waals surface area contributed by atoms with Crippen molar-refractivity contribution in [3.05, 3.63) is 35.9 Å². The SMILES string of the molecule is CCCCCCCCCCCCCCCCCCOCCCOP(=O)(CCCNC(=O)OCC(Cl)(Cl)Cl)OCc1ccccc1. The maximum atomic E-state index is 13.4. The zero-order valence-corrected chi connectivity index (χ0v) is 30.8. The molecule has 1 N–H and O–H groups in total. The fraction of sp³-hybridized carbons (Fsp3) is 0.794. The van der Waals surface area contributed by atoms with E-state index in [9.17, 15) is 9.36 Å². The molecule has 1 aromatic rings. The highest BCUT2D eigenvalue weighted by atomic mass is 35.6. The lowest BCUT2D eigenvalue weighted by Crippen LogP contribution is -2.29. The van der Waals surface area contributed by atoms with E-state index in [1.807, 2.05) is 30.3 Å². The Balaban J connectivity index is 2.08. The fourth-order valence-electron chi connectivity index (χ4n) is 4.79. The van der Waals surface area contributed by atoms with Crippen LogP contribution in [-0.4, -0.2) is 49.0 Å². The summed E-state index contributed by atoms with van der Waals surface area (Å²) in [6.07, 6.45) is 22.0. The van der Waals surface area contributed by atoms with E-state index in [1.165, 1.54) is 96.3 Å². The molecule has 1 aromatic carbocycles. The van der Waals surface area contributed by atoms with Crippen LogP contribution in [0.3, 0.4) is 0 Å². The van der Waals surface area contributed by atoms with Gasteiger partial charge in [-0.05, 0) is 24.8 Å². The summed E-state index contributed by atoms with van der Waals surface area (Å²) in [6.45, 7) is 3.85. The number of amides is 1. The summed E-state index contributed by atoms with van der Waals surface area (Å²) in [7, 11) is -3.39. The average Bonchev–Trinajstić information content (AvgIpc) is 3.02. The third-order valence-electron chi connectivity index (χ3n) is 7.38. The van der Waals surface area contributed by atoms with Crippen LogP contribution in [0.5, 0.6) is 0 Å². The Bertz CT molecular complexity index is 875. The topological polar surface area (TPSA) is 83.1 Å². The minimum absolute atomic E-state index is 0.143. The Kier molecular flexibility index (Phi) is 26.9. The lowest BCUT2D eigenvalue weighted by molar-refractivity contribution is 0.110. The summed E-state index contributed by atoms with van der Waals surface area (Å²) in [5, 5.41) is 2.54. The number of halogens is 3. The van der Waals surface area contributed by atoms with Gasteiger partial charge in [0.15, 0.2) is 0 Å². The van der Waals surface area contributed by atoms with Crippen LogP contribution in [0.25, 0.3) is 0 Å². The van der Waals surface area contributed by atoms with E-state index in [-0.39, 0.29) is 32.5 Å². The molecule has 1 unspecified atom stereocenters. The van der Waals surface area contributed by atoms with Gasteiger partial charge >= 0.3 is 13.7 Å². The Morgan fingerprint density at radius 3 is 1.80 bits per heavy atom. The van der Waals surface area contributed by atoms with Crippen LogP contribution in [0.2, 0.25) is 0 Å². The van der Waals surface area contributed by atoms with Crippen LogP contribution in [-0.2, 0) is 29.7 Å². The second-order valence-corrected chi connectivity index (χ2v) is 16.4. The van der Waals surface area contributed by atoms with E-state index in [0.29, 0.717) is 19.4 Å². The zero-order valence-electron chi connectivity index (χ0n) is 27.6. The van der Waals surface area contributed by atoms with Gasteiger partial charge in [-0.25, -0.2) is 4.79 Å². The number of carbonyl (C=O) groups is 1. The lowest BCUT2D eigenvalue weighted by atomic mass is 10.0. The number of rotatable bonds is 30. The van der Waals surface area contributed by atoms with Crippen molar-refractivity contribution >= 4 is 48.5 Å². The molecule has 0 spiro atoms. The molecule has 0 heterocycles. The van der Waals surface area contributed by atoms with Gasteiger partial charge in [0.2, 0.25) is 3.79 Å². The lowest BCUT2D eigenvalue weighted by Gasteiger charge is -2.19. The first-order valence-corrected chi connectivity index (χ1v) is 20.1. The number of nitrogens with one attached hydrogen (secondary N) is 1. The summed E-state index contributed by atoms with van der Waals surface area (Å²) < 4.78 is 33.8. The van der Waals surface area contributed by atoms with E-state index >= 15 is 0 Å². The number of unbranched alkanes of at least 4 members (excludes halogenated alkanes) is 15. The fourth-order valence-corrected chi connectivity index (χ4v) is 6.59. The first kappa shape index (κ1) is 42.5. The quantitative estimate of drug-likeness (QED) is 0.0485. The monoisotopic (exact) mass is 713 g/mol. The molecule has 0 bridgehead atoms. The minimum atomic E-state index is -3.39. The molecule has 11 heteroatoms. The van der Waals surface area contributed by atoms with Crippen molar-refractivity contribution < 1.29 is 27.9 Å². The Hall–Kier alpha value is -0.530. The molecular weight excluding hydrogens is 656 g/mol. The highest BCUT2D eigenvalue weighted by molar-refractivity contribution is 7.53. The van der Waals surface area contributed by atoms with E-state index in [1.54, 1.807) is 0 Å². The number of carbonyl (C=O) groups excluding carboxylic acids is 1. The van der Waals surface area contributed by atoms with Crippen molar-refractivity contribution in [1.82, 2.24) is 5.32 Å². The number of alkyl carbamates (subject to hydrolysis) is 1. The summed E-state index contributed by atoms with van der Waals surface area (Å²) >= 11 is 16.8. The first-order valence-electron chi connectivity index (χ1n) is 17.2. The van der Waals surface area contributed by atoms with Crippen LogP contribution in [0.15, 0.2) is 30.3 Å². The van der Waals surface area contributed by atoms with Gasteiger partial charge in [0.1, 0.15) is 6.61 Å². The van der Waals surface area contributed by atoms with Crippen LogP contribution in [0.4, 0.5) is 4.79 Å². The standard InChI is InChI=1S/C34H59Cl3NO6P/c1-2-3-4-5-6-7-8-9-10-11-12-13-14-15-16-20-26-41-27-22-28-43-45(40,44-30-32-23-18-17-19-24-32)29-21-25-38-33(39)42-31-34(35,36)37/h17-19,23-24H,2-16,20-22,25-31H2,1H3,(H,38,39). The Labute approximate surface area is 288 Å². The van der Waals surface area contributed by atoms with Crippen molar-refractivity contribution in [3.63, 3.8) is 0 Å². The highest BCUT2D eigenvalue weighted by Crippen LogP contribution is 2.49. The maximum Gasteiger partial charge on any atom is 0.407 e. The van der Waals surface area contributed by atoms with Gasteiger partial charge < -0.3 is 23.8 Å². The second-order valence-electron chi connectivity index (χ2n) is 11.7. The summed E-state index contributed by atoms with van der Waals surface area (Å²) in [5.41, 5.74) is 0.900. The average molecular weight is 715 g/mol. The Morgan fingerprint density at radius 2 is 1.24 bits per heavy atom. The molecule has 7 nitrogen and oxygen atoms in total. The molecular formula is C34H59Cl3NO6P. The number of hydrogen-bond acceptors (Lipinski definition) is 6. The number of hydrogen-bond donors (Lipinski definition) is 1. The smallest absolute Gasteiger partial charge is 0.407 e. The van der Waals surface area contributed by atoms with Crippen LogP contribution in [0, 0.1) is 0 Å². The third kappa shape index (κ3) is 28.2. The van der Waals surface area contributed by atoms with Crippen LogP contribution >= 0.6 is 42.4 Å². The molecule has 0 aliphatic rings. The second kappa shape index (κ2) is 28.5. The molecule has 0 aliphatic carbocycles. The van der Waals surface area contributed by atoms with Gasteiger partial charge in [-0.15, -0.1) is 0 Å². The van der Waals surface area contributed by atoms with Crippen molar-refractivity contribution in [1.29, 1.82) is 0 Å². The minimum Gasteiger partial charge on any atom is -0.445 e. The van der Waals surface area contributed by atoms with Gasteiger partial charge in [-0.3, -0.25) is 4.57 Å². The molecule has 0 fully saturated rings. The van der Waals surface area contributed by atoms with Gasteiger partial charge in [0.05, 0.1) is 19.4 Å². The number of ether oxygens (including phenoxy) is 2. The van der Waals surface area contributed by atoms with Crippen molar-refractivity contribution in [2.24, 2.45) is 0 Å². The molecule has 45 heavy (non-hydrogen) atoms. The number of benzene rings is 1. The van der Waals surface area contributed by atoms with Gasteiger partial charge in [-0.1, -0.05) is 168 Å². The van der Waals surface area contributed by atoms with Gasteiger partial charge in [-0.2, -0.15) is 0 Å². The molecule has 0 saturated heterocycles. The molecule has 0 aromatic heterocycles. The normalized spacial score (nSPS) is 13.1. The maximum absolute atomic E-state index is 13.4. The van der Waals surface area contributed by atoms with Gasteiger partial charge in [0.25, 0.3) is 0 Å². The molecule has 1 rings (SSSR count). The van der Waals surface area contributed by atoms with E-state index in [2.05, 4.69) is 12.2 Å². The molecule has 262 valence electrons. The first-order chi connectivity index (χ1) is 21.7. The van der Waals surface area contributed by atoms with Crippen LogP contribution in [0.1, 0.15) is 128 Å². The van der Waals surface area contributed by atoms with Crippen LogP contribution < -0.4 is 5.32 Å². The largest absolute Gasteiger partial charge is 0.445 e.